The van der Waals surface area contributed by atoms with Crippen LogP contribution in [0, 0.1) is 5.92 Å². The van der Waals surface area contributed by atoms with Crippen LogP contribution in [0.3, 0.4) is 0 Å². The van der Waals surface area contributed by atoms with E-state index in [2.05, 4.69) is 60.0 Å². The summed E-state index contributed by atoms with van der Waals surface area (Å²) >= 11 is 2.95. The largest absolute Gasteiger partial charge is 0.378 e. The highest BCUT2D eigenvalue weighted by Crippen LogP contribution is 2.39. The minimum atomic E-state index is -0.138. The first kappa shape index (κ1) is 34.2. The summed E-state index contributed by atoms with van der Waals surface area (Å²) in [6.45, 7) is 6.47. The number of anilines is 3. The minimum Gasteiger partial charge on any atom is -0.378 e. The molecule has 1 aliphatic carbocycles. The second-order valence-corrected chi connectivity index (χ2v) is 14.4. The van der Waals surface area contributed by atoms with Crippen molar-refractivity contribution in [1.82, 2.24) is 15.5 Å². The highest BCUT2D eigenvalue weighted by molar-refractivity contribution is 8.13. The fourth-order valence-electron chi connectivity index (χ4n) is 6.41. The monoisotopic (exact) mass is 692 g/mol. The Morgan fingerprint density at radius 2 is 1.44 bits per heavy atom. The van der Waals surface area contributed by atoms with Crippen molar-refractivity contribution in [1.29, 1.82) is 0 Å². The summed E-state index contributed by atoms with van der Waals surface area (Å²) in [4.78, 5) is 30.1. The summed E-state index contributed by atoms with van der Waals surface area (Å²) in [7, 11) is 0. The van der Waals surface area contributed by atoms with Gasteiger partial charge in [0.05, 0.1) is 39.3 Å². The summed E-state index contributed by atoms with van der Waals surface area (Å²) in [5.74, 6) is 6.93. The van der Waals surface area contributed by atoms with Crippen LogP contribution in [0.2, 0.25) is 0 Å². The van der Waals surface area contributed by atoms with Crippen LogP contribution in [-0.2, 0) is 31.9 Å². The first-order chi connectivity index (χ1) is 23.5. The molecule has 3 aliphatic rings. The van der Waals surface area contributed by atoms with Gasteiger partial charge in [-0.15, -0.1) is 10.2 Å². The van der Waals surface area contributed by atoms with Crippen LogP contribution in [0.5, 0.6) is 0 Å². The fourth-order valence-corrected chi connectivity index (χ4v) is 8.27. The van der Waals surface area contributed by atoms with E-state index in [1.165, 1.54) is 23.1 Å². The van der Waals surface area contributed by atoms with E-state index in [1.54, 1.807) is 0 Å². The number of amidine groups is 1. The van der Waals surface area contributed by atoms with Crippen LogP contribution in [0.4, 0.5) is 16.5 Å². The molecule has 2 amide bonds. The molecule has 0 unspecified atom stereocenters. The third kappa shape index (κ3) is 9.68. The van der Waals surface area contributed by atoms with E-state index in [4.69, 9.17) is 15.3 Å². The third-order valence-electron chi connectivity index (χ3n) is 8.99. The molecule has 1 aromatic heterocycles. The van der Waals surface area contributed by atoms with Gasteiger partial charge in [-0.1, -0.05) is 53.8 Å². The standard InChI is InChI=1S/C34H44N8O4S2/c35-38-33(36-30(43)21-24-4-8-28(9-5-24)41-12-16-45-17-13-41)47-23-26-2-1-3-27(20-26)32-39-40-34(48-32)37-31(44)22-25-6-10-29(11-7-25)42-14-18-46-19-15-42/h4-11,26-27H,1-3,12-23,35H2,(H,36,38,43)(H,37,40,44)/t26-,27-/m0/s1. The van der Waals surface area contributed by atoms with Crippen LogP contribution < -0.4 is 26.3 Å². The number of thioether (sulfide) groups is 1. The number of carbonyl (C=O) groups excluding carboxylic acids is 2. The average Bonchev–Trinajstić information content (AvgIpc) is 3.60. The van der Waals surface area contributed by atoms with Gasteiger partial charge >= 0.3 is 0 Å². The number of hydrogen-bond donors (Lipinski definition) is 3. The number of nitrogens with zero attached hydrogens (tertiary/aromatic N) is 5. The Labute approximate surface area is 289 Å². The normalized spacial score (nSPS) is 20.4. The molecule has 12 nitrogen and oxygen atoms in total. The molecule has 14 heteroatoms. The Kier molecular flexibility index (Phi) is 12.2. The van der Waals surface area contributed by atoms with Gasteiger partial charge in [-0.25, -0.2) is 0 Å². The van der Waals surface area contributed by atoms with Gasteiger partial charge in [-0.2, -0.15) is 5.10 Å². The van der Waals surface area contributed by atoms with Gasteiger partial charge in [0.25, 0.3) is 0 Å². The second-order valence-electron chi connectivity index (χ2n) is 12.4. The lowest BCUT2D eigenvalue weighted by atomic mass is 9.83. The Bertz CT molecular complexity index is 1520. The van der Waals surface area contributed by atoms with Gasteiger partial charge in [0.15, 0.2) is 5.17 Å². The number of ether oxygens (including phenoxy) is 2. The summed E-state index contributed by atoms with van der Waals surface area (Å²) in [6, 6.07) is 16.3. The van der Waals surface area contributed by atoms with E-state index in [0.29, 0.717) is 16.2 Å². The zero-order valence-electron chi connectivity index (χ0n) is 27.1. The van der Waals surface area contributed by atoms with E-state index in [9.17, 15) is 9.59 Å². The number of nitrogens with one attached hydrogen (secondary N) is 2. The predicted octanol–water partition coefficient (Wildman–Crippen LogP) is 3.99. The summed E-state index contributed by atoms with van der Waals surface area (Å²) in [6.07, 6.45) is 4.72. The number of benzene rings is 2. The van der Waals surface area contributed by atoms with E-state index in [1.807, 2.05) is 24.3 Å². The van der Waals surface area contributed by atoms with Crippen molar-refractivity contribution in [3.63, 3.8) is 0 Å². The van der Waals surface area contributed by atoms with E-state index >= 15 is 0 Å². The lowest BCUT2D eigenvalue weighted by molar-refractivity contribution is -0.119. The van der Waals surface area contributed by atoms with Crippen molar-refractivity contribution < 1.29 is 19.1 Å². The second kappa shape index (κ2) is 17.1. The van der Waals surface area contributed by atoms with Gasteiger partial charge in [-0.3, -0.25) is 9.59 Å². The Hall–Kier alpha value is -3.72. The van der Waals surface area contributed by atoms with Crippen molar-refractivity contribution in [2.45, 2.75) is 44.4 Å². The predicted molar refractivity (Wildman–Crippen MR) is 192 cm³/mol. The SMILES string of the molecule is N/N=C(/NC(=O)Cc1ccc(N2CCOCC2)cc1)SC[C@H]1CCC[C@H](c2nnc(NC(=O)Cc3ccc(N4CCOCC4)cc3)s2)C1. The van der Waals surface area contributed by atoms with Gasteiger partial charge in [0.1, 0.15) is 5.01 Å². The van der Waals surface area contributed by atoms with Crippen LogP contribution in [0.15, 0.2) is 53.6 Å². The number of hydrazone groups is 1. The first-order valence-corrected chi connectivity index (χ1v) is 18.5. The maximum atomic E-state index is 12.8. The van der Waals surface area contributed by atoms with Crippen molar-refractivity contribution >= 4 is 56.6 Å². The molecule has 0 bridgehead atoms. The highest BCUT2D eigenvalue weighted by atomic mass is 32.2. The molecule has 3 fully saturated rings. The number of rotatable bonds is 10. The molecule has 2 aromatic carbocycles. The number of morpholine rings is 2. The summed E-state index contributed by atoms with van der Waals surface area (Å²) in [5.41, 5.74) is 4.19. The number of hydrogen-bond acceptors (Lipinski definition) is 12. The topological polar surface area (TPSA) is 147 Å². The molecule has 2 atom stereocenters. The molecule has 2 aliphatic heterocycles. The smallest absolute Gasteiger partial charge is 0.230 e. The Morgan fingerprint density at radius 1 is 0.854 bits per heavy atom. The molecular formula is C34H44N8O4S2. The van der Waals surface area contributed by atoms with Crippen LogP contribution >= 0.6 is 23.1 Å². The van der Waals surface area contributed by atoms with Crippen LogP contribution in [-0.4, -0.2) is 85.5 Å². The average molecular weight is 693 g/mol. The molecule has 1 saturated carbocycles. The van der Waals surface area contributed by atoms with Gasteiger partial charge < -0.3 is 35.7 Å². The van der Waals surface area contributed by atoms with Crippen molar-refractivity contribution in [3.05, 3.63) is 64.7 Å². The Morgan fingerprint density at radius 3 is 2.02 bits per heavy atom. The molecule has 3 heterocycles. The maximum absolute atomic E-state index is 12.8. The lowest BCUT2D eigenvalue weighted by Crippen LogP contribution is -2.36. The molecule has 0 radical (unpaired) electrons. The molecular weight excluding hydrogens is 649 g/mol. The molecule has 4 N–H and O–H groups in total. The van der Waals surface area contributed by atoms with Crippen molar-refractivity contribution in [2.75, 3.05) is 73.5 Å². The maximum Gasteiger partial charge on any atom is 0.230 e. The molecule has 0 spiro atoms. The number of aromatic nitrogens is 2. The zero-order chi connectivity index (χ0) is 33.1. The number of nitrogens with two attached hydrogens (primary N) is 1. The molecule has 256 valence electrons. The molecule has 6 rings (SSSR count). The van der Waals surface area contributed by atoms with Crippen molar-refractivity contribution in [3.8, 4) is 0 Å². The quantitative estimate of drug-likeness (QED) is 0.123. The number of carbonyl (C=O) groups is 2. The summed E-state index contributed by atoms with van der Waals surface area (Å²) in [5, 5.41) is 20.3. The van der Waals surface area contributed by atoms with Crippen LogP contribution in [0.1, 0.15) is 47.7 Å². The van der Waals surface area contributed by atoms with E-state index in [0.717, 1.165) is 112 Å². The first-order valence-electron chi connectivity index (χ1n) is 16.7. The Balaban J connectivity index is 0.924. The third-order valence-corrected chi connectivity index (χ3v) is 11.1. The molecule has 2 saturated heterocycles. The van der Waals surface area contributed by atoms with E-state index < -0.39 is 0 Å². The summed E-state index contributed by atoms with van der Waals surface area (Å²) < 4.78 is 10.9. The lowest BCUT2D eigenvalue weighted by Gasteiger charge is -2.28. The van der Waals surface area contributed by atoms with Crippen LogP contribution in [0.25, 0.3) is 0 Å². The zero-order valence-corrected chi connectivity index (χ0v) is 28.8. The molecule has 48 heavy (non-hydrogen) atoms. The van der Waals surface area contributed by atoms with Crippen molar-refractivity contribution in [2.24, 2.45) is 16.9 Å². The van der Waals surface area contributed by atoms with Gasteiger partial charge in [0, 0.05) is 49.2 Å². The van der Waals surface area contributed by atoms with Gasteiger partial charge in [-0.05, 0) is 60.6 Å². The minimum absolute atomic E-state index is 0.101. The van der Waals surface area contributed by atoms with E-state index in [-0.39, 0.29) is 30.6 Å². The highest BCUT2D eigenvalue weighted by Gasteiger charge is 2.27. The fraction of sp³-hybridized carbons (Fsp3) is 0.500. The van der Waals surface area contributed by atoms with Gasteiger partial charge in [0.2, 0.25) is 16.9 Å². The number of amides is 2. The molecule has 3 aromatic rings.